The smallest absolute Gasteiger partial charge is 0.148 e. The molecule has 0 spiro atoms. The Morgan fingerprint density at radius 1 is 1.26 bits per heavy atom. The van der Waals surface area contributed by atoms with E-state index in [1.54, 1.807) is 11.3 Å². The first-order valence-electron chi connectivity index (χ1n) is 6.37. The Kier molecular flexibility index (Phi) is 5.02. The van der Waals surface area contributed by atoms with Crippen LogP contribution in [0, 0.1) is 0 Å². The van der Waals surface area contributed by atoms with Crippen LogP contribution in [0.5, 0.6) is 5.75 Å². The van der Waals surface area contributed by atoms with Crippen LogP contribution in [0.15, 0.2) is 40.2 Å². The van der Waals surface area contributed by atoms with Crippen LogP contribution in [0.2, 0.25) is 0 Å². The second-order valence-electron chi connectivity index (χ2n) is 4.50. The van der Waals surface area contributed by atoms with Gasteiger partial charge in [-0.05, 0) is 53.0 Å². The molecule has 0 amide bonds. The zero-order valence-corrected chi connectivity index (χ0v) is 13.5. The van der Waals surface area contributed by atoms with Crippen LogP contribution < -0.4 is 10.5 Å². The first-order chi connectivity index (χ1) is 9.11. The molecule has 2 rings (SSSR count). The van der Waals surface area contributed by atoms with Crippen molar-refractivity contribution < 1.29 is 4.74 Å². The first kappa shape index (κ1) is 14.6. The first-order valence-corrected chi connectivity index (χ1v) is 7.98. The molecule has 1 heterocycles. The van der Waals surface area contributed by atoms with E-state index in [1.807, 2.05) is 31.2 Å². The van der Waals surface area contributed by atoms with Crippen LogP contribution in [0.4, 0.5) is 0 Å². The van der Waals surface area contributed by atoms with Crippen LogP contribution in [-0.2, 0) is 6.42 Å². The van der Waals surface area contributed by atoms with Crippen molar-refractivity contribution in [2.45, 2.75) is 32.4 Å². The van der Waals surface area contributed by atoms with E-state index in [-0.39, 0.29) is 12.1 Å². The Morgan fingerprint density at radius 2 is 2.00 bits per heavy atom. The van der Waals surface area contributed by atoms with Gasteiger partial charge in [0.2, 0.25) is 0 Å². The minimum atomic E-state index is -0.107. The summed E-state index contributed by atoms with van der Waals surface area (Å²) in [6.45, 7) is 4.11. The highest BCUT2D eigenvalue weighted by Gasteiger charge is 2.21. The van der Waals surface area contributed by atoms with Gasteiger partial charge in [0, 0.05) is 10.9 Å². The molecule has 2 aromatic rings. The summed E-state index contributed by atoms with van der Waals surface area (Å²) in [5, 5.41) is 0. The molecule has 102 valence electrons. The number of hydrogen-bond donors (Lipinski definition) is 1. The van der Waals surface area contributed by atoms with E-state index in [0.29, 0.717) is 0 Å². The van der Waals surface area contributed by atoms with Crippen molar-refractivity contribution in [1.29, 1.82) is 0 Å². The predicted octanol–water partition coefficient (Wildman–Crippen LogP) is 4.54. The molecule has 0 radical (unpaired) electrons. The molecule has 2 atom stereocenters. The molecule has 0 saturated carbocycles. The maximum absolute atomic E-state index is 6.16. The van der Waals surface area contributed by atoms with Crippen molar-refractivity contribution in [3.63, 3.8) is 0 Å². The third-order valence-electron chi connectivity index (χ3n) is 2.96. The number of aryl methyl sites for hydroxylation is 1. The summed E-state index contributed by atoms with van der Waals surface area (Å²) in [6, 6.07) is 12.2. The lowest BCUT2D eigenvalue weighted by Gasteiger charge is -2.22. The van der Waals surface area contributed by atoms with Crippen LogP contribution in [0.1, 0.15) is 30.4 Å². The number of nitrogens with two attached hydrogens (primary N) is 1. The van der Waals surface area contributed by atoms with Crippen molar-refractivity contribution in [1.82, 2.24) is 0 Å². The molecule has 0 aliphatic heterocycles. The number of hydrogen-bond acceptors (Lipinski definition) is 3. The maximum atomic E-state index is 6.16. The number of ether oxygens (including phenoxy) is 1. The second kappa shape index (κ2) is 6.55. The monoisotopic (exact) mass is 339 g/mol. The summed E-state index contributed by atoms with van der Waals surface area (Å²) < 4.78 is 7.26. The summed E-state index contributed by atoms with van der Waals surface area (Å²) in [7, 11) is 0. The van der Waals surface area contributed by atoms with Crippen LogP contribution >= 0.6 is 27.3 Å². The van der Waals surface area contributed by atoms with Crippen molar-refractivity contribution in [2.75, 3.05) is 0 Å². The summed E-state index contributed by atoms with van der Waals surface area (Å²) in [4.78, 5) is 1.15. The lowest BCUT2D eigenvalue weighted by molar-refractivity contribution is 0.182. The zero-order chi connectivity index (χ0) is 13.8. The summed E-state index contributed by atoms with van der Waals surface area (Å²) >= 11 is 5.15. The molecule has 4 heteroatoms. The zero-order valence-electron chi connectivity index (χ0n) is 11.1. The van der Waals surface area contributed by atoms with Gasteiger partial charge in [-0.3, -0.25) is 0 Å². The van der Waals surface area contributed by atoms with Gasteiger partial charge in [-0.1, -0.05) is 25.1 Å². The van der Waals surface area contributed by atoms with Gasteiger partial charge in [0.15, 0.2) is 0 Å². The van der Waals surface area contributed by atoms with Gasteiger partial charge >= 0.3 is 0 Å². The largest absolute Gasteiger partial charge is 0.483 e. The topological polar surface area (TPSA) is 35.2 Å². The average molecular weight is 340 g/mol. The summed E-state index contributed by atoms with van der Waals surface area (Å²) in [5.41, 5.74) is 7.30. The van der Waals surface area contributed by atoms with Gasteiger partial charge in [-0.25, -0.2) is 0 Å². The molecule has 0 bridgehead atoms. The van der Waals surface area contributed by atoms with E-state index in [4.69, 9.17) is 10.5 Å². The van der Waals surface area contributed by atoms with Gasteiger partial charge in [-0.15, -0.1) is 11.3 Å². The minimum Gasteiger partial charge on any atom is -0.483 e. The Bertz CT molecular complexity index is 538. The molecule has 0 aliphatic rings. The summed E-state index contributed by atoms with van der Waals surface area (Å²) in [5.74, 6) is 0.928. The number of para-hydroxylation sites is 1. The van der Waals surface area contributed by atoms with E-state index in [2.05, 4.69) is 35.0 Å². The van der Waals surface area contributed by atoms with Gasteiger partial charge in [0.25, 0.3) is 0 Å². The molecule has 1 aromatic carbocycles. The van der Waals surface area contributed by atoms with Crippen molar-refractivity contribution in [2.24, 2.45) is 5.73 Å². The molecule has 2 N–H and O–H groups in total. The van der Waals surface area contributed by atoms with E-state index in [0.717, 1.165) is 20.8 Å². The Morgan fingerprint density at radius 3 is 2.58 bits per heavy atom. The number of benzene rings is 1. The Balaban J connectivity index is 2.26. The highest BCUT2D eigenvalue weighted by molar-refractivity contribution is 9.11. The van der Waals surface area contributed by atoms with Gasteiger partial charge in [0.05, 0.1) is 3.79 Å². The normalized spacial score (nSPS) is 14.1. The fraction of sp³-hybridized carbons (Fsp3) is 0.333. The molecule has 1 aromatic heterocycles. The molecule has 19 heavy (non-hydrogen) atoms. The molecule has 0 fully saturated rings. The number of halogens is 1. The predicted molar refractivity (Wildman–Crippen MR) is 84.9 cm³/mol. The fourth-order valence-corrected chi connectivity index (χ4v) is 3.52. The molecular weight excluding hydrogens is 322 g/mol. The van der Waals surface area contributed by atoms with E-state index in [9.17, 15) is 0 Å². The molecule has 2 nitrogen and oxygen atoms in total. The van der Waals surface area contributed by atoms with Gasteiger partial charge in [-0.2, -0.15) is 0 Å². The van der Waals surface area contributed by atoms with Crippen LogP contribution in [0.25, 0.3) is 0 Å². The Hall–Kier alpha value is -0.840. The van der Waals surface area contributed by atoms with E-state index >= 15 is 0 Å². The second-order valence-corrected chi connectivity index (χ2v) is 7.00. The van der Waals surface area contributed by atoms with Crippen LogP contribution in [0.3, 0.4) is 0 Å². The average Bonchev–Trinajstić information content (AvgIpc) is 2.82. The van der Waals surface area contributed by atoms with Crippen molar-refractivity contribution >= 4 is 27.3 Å². The van der Waals surface area contributed by atoms with E-state index < -0.39 is 0 Å². The van der Waals surface area contributed by atoms with Crippen LogP contribution in [-0.4, -0.2) is 6.04 Å². The molecule has 2 unspecified atom stereocenters. The number of thiophene rings is 1. The highest BCUT2D eigenvalue weighted by atomic mass is 79.9. The van der Waals surface area contributed by atoms with Crippen molar-refractivity contribution in [3.8, 4) is 5.75 Å². The van der Waals surface area contributed by atoms with E-state index in [1.165, 1.54) is 5.56 Å². The number of rotatable bonds is 5. The fourth-order valence-electron chi connectivity index (χ4n) is 1.95. The SMILES string of the molecule is CCc1ccccc1OC(c1ccc(Br)s1)C(C)N. The standard InChI is InChI=1S/C15H18BrNOS/c1-3-11-6-4-5-7-12(11)18-15(10(2)17)13-8-9-14(16)19-13/h4-10,15H,3,17H2,1-2H3. The molecular formula is C15H18BrNOS. The van der Waals surface area contributed by atoms with Gasteiger partial charge in [0.1, 0.15) is 11.9 Å². The minimum absolute atomic E-state index is 0.0598. The summed E-state index contributed by atoms with van der Waals surface area (Å²) in [6.07, 6.45) is 0.847. The van der Waals surface area contributed by atoms with Gasteiger partial charge < -0.3 is 10.5 Å². The maximum Gasteiger partial charge on any atom is 0.148 e. The van der Waals surface area contributed by atoms with Crippen molar-refractivity contribution in [3.05, 3.63) is 50.6 Å². The Labute approximate surface area is 126 Å². The third-order valence-corrected chi connectivity index (χ3v) is 4.64. The lowest BCUT2D eigenvalue weighted by Crippen LogP contribution is -2.28. The quantitative estimate of drug-likeness (QED) is 0.867. The molecule has 0 saturated heterocycles. The lowest BCUT2D eigenvalue weighted by atomic mass is 10.1. The third kappa shape index (κ3) is 3.59. The molecule has 0 aliphatic carbocycles. The highest BCUT2D eigenvalue weighted by Crippen LogP contribution is 2.33.